The van der Waals surface area contributed by atoms with E-state index in [0.717, 1.165) is 0 Å². The van der Waals surface area contributed by atoms with Crippen LogP contribution in [-0.2, 0) is 0 Å². The molecule has 1 atom stereocenters. The number of nitrogens with two attached hydrogens (primary N) is 1. The molecule has 0 aliphatic heterocycles. The number of hydrogen-bond acceptors (Lipinski definition) is 2. The minimum Gasteiger partial charge on any atom is -0.403 e. The molecule has 22 heavy (non-hydrogen) atoms. The van der Waals surface area contributed by atoms with E-state index in [1.54, 1.807) is 0 Å². The van der Waals surface area contributed by atoms with Crippen LogP contribution in [0.1, 0.15) is 11.6 Å². The van der Waals surface area contributed by atoms with E-state index < -0.39 is 41.6 Å². The van der Waals surface area contributed by atoms with E-state index >= 15 is 0 Å². The van der Waals surface area contributed by atoms with Gasteiger partial charge in [-0.1, -0.05) is 6.07 Å². The first-order valence-corrected chi connectivity index (χ1v) is 5.01. The molecule has 1 aromatic rings. The van der Waals surface area contributed by atoms with Crippen LogP contribution in [0.15, 0.2) is 18.2 Å². The molecule has 12 heteroatoms. The minimum absolute atomic E-state index is 0. The lowest BCUT2D eigenvalue weighted by Crippen LogP contribution is -2.45. The quantitative estimate of drug-likeness (QED) is 0.811. The SMILES string of the molecule is Cl.N[C@H](c1ccc(OC(F)(F)F)c(F)c1)C(F)(F)C(F)(F)F. The van der Waals surface area contributed by atoms with Crippen molar-refractivity contribution in [1.29, 1.82) is 0 Å². The second-order valence-electron chi connectivity index (χ2n) is 3.84. The fourth-order valence-electron chi connectivity index (χ4n) is 1.30. The highest BCUT2D eigenvalue weighted by atomic mass is 35.5. The van der Waals surface area contributed by atoms with E-state index in [1.165, 1.54) is 0 Å². The molecule has 0 fully saturated rings. The lowest BCUT2D eigenvalue weighted by molar-refractivity contribution is -0.291. The first-order valence-electron chi connectivity index (χ1n) is 5.01. The molecular weight excluding hydrogens is 357 g/mol. The van der Waals surface area contributed by atoms with Crippen molar-refractivity contribution in [2.45, 2.75) is 24.5 Å². The number of halogens is 10. The van der Waals surface area contributed by atoms with E-state index in [0.29, 0.717) is 6.07 Å². The molecule has 0 saturated carbocycles. The van der Waals surface area contributed by atoms with Crippen molar-refractivity contribution in [2.75, 3.05) is 0 Å². The van der Waals surface area contributed by atoms with Crippen LogP contribution in [-0.4, -0.2) is 18.5 Å². The van der Waals surface area contributed by atoms with Crippen LogP contribution in [0.3, 0.4) is 0 Å². The molecule has 0 amide bonds. The first-order chi connectivity index (χ1) is 9.25. The van der Waals surface area contributed by atoms with Crippen LogP contribution in [0, 0.1) is 5.82 Å². The number of rotatable bonds is 3. The molecule has 0 saturated heterocycles. The van der Waals surface area contributed by atoms with Gasteiger partial charge in [-0.25, -0.2) is 4.39 Å². The predicted octanol–water partition coefficient (Wildman–Crippen LogP) is 4.34. The lowest BCUT2D eigenvalue weighted by atomic mass is 10.0. The van der Waals surface area contributed by atoms with Crippen molar-refractivity contribution in [3.05, 3.63) is 29.6 Å². The summed E-state index contributed by atoms with van der Waals surface area (Å²) in [5, 5.41) is 0. The molecule has 1 rings (SSSR count). The van der Waals surface area contributed by atoms with Gasteiger partial charge in [0.15, 0.2) is 11.6 Å². The third kappa shape index (κ3) is 4.57. The zero-order chi connectivity index (χ0) is 16.6. The monoisotopic (exact) mass is 363 g/mol. The van der Waals surface area contributed by atoms with E-state index in [-0.39, 0.29) is 24.5 Å². The van der Waals surface area contributed by atoms with Crippen LogP contribution >= 0.6 is 12.4 Å². The Hall–Kier alpha value is -1.36. The number of ether oxygens (including phenoxy) is 1. The largest absolute Gasteiger partial charge is 0.573 e. The van der Waals surface area contributed by atoms with Gasteiger partial charge in [0.1, 0.15) is 6.04 Å². The van der Waals surface area contributed by atoms with Crippen LogP contribution in [0.5, 0.6) is 5.75 Å². The summed E-state index contributed by atoms with van der Waals surface area (Å²) < 4.78 is 114. The molecule has 2 N–H and O–H groups in total. The third-order valence-corrected chi connectivity index (χ3v) is 2.31. The molecule has 0 aliphatic carbocycles. The molecule has 2 nitrogen and oxygen atoms in total. The molecule has 0 aromatic heterocycles. The molecule has 0 bridgehead atoms. The number of hydrogen-bond donors (Lipinski definition) is 1. The molecule has 128 valence electrons. The summed E-state index contributed by atoms with van der Waals surface area (Å²) >= 11 is 0. The smallest absolute Gasteiger partial charge is 0.403 e. The summed E-state index contributed by atoms with van der Waals surface area (Å²) in [6.07, 6.45) is -11.2. The Morgan fingerprint density at radius 1 is 0.955 bits per heavy atom. The molecule has 0 unspecified atom stereocenters. The van der Waals surface area contributed by atoms with E-state index in [1.807, 2.05) is 0 Å². The average molecular weight is 364 g/mol. The molecule has 0 spiro atoms. The molecule has 0 heterocycles. The summed E-state index contributed by atoms with van der Waals surface area (Å²) in [6, 6.07) is -2.32. The normalized spacial score (nSPS) is 14.3. The van der Waals surface area contributed by atoms with Crippen LogP contribution in [0.2, 0.25) is 0 Å². The highest BCUT2D eigenvalue weighted by Crippen LogP contribution is 2.43. The summed E-state index contributed by atoms with van der Waals surface area (Å²) in [6.45, 7) is 0. The highest BCUT2D eigenvalue weighted by molar-refractivity contribution is 5.85. The van der Waals surface area contributed by atoms with Crippen molar-refractivity contribution in [3.63, 3.8) is 0 Å². The number of benzene rings is 1. The van der Waals surface area contributed by atoms with Gasteiger partial charge in [-0.3, -0.25) is 0 Å². The minimum atomic E-state index is -6.00. The van der Waals surface area contributed by atoms with Gasteiger partial charge in [0.2, 0.25) is 0 Å². The maximum atomic E-state index is 13.2. The fraction of sp³-hybridized carbons (Fsp3) is 0.400. The van der Waals surface area contributed by atoms with Crippen molar-refractivity contribution in [1.82, 2.24) is 0 Å². The second kappa shape index (κ2) is 6.41. The van der Waals surface area contributed by atoms with Gasteiger partial charge in [-0.2, -0.15) is 22.0 Å². The summed E-state index contributed by atoms with van der Waals surface area (Å²) in [5.74, 6) is -8.54. The third-order valence-electron chi connectivity index (χ3n) is 2.31. The summed E-state index contributed by atoms with van der Waals surface area (Å²) in [4.78, 5) is 0. The summed E-state index contributed by atoms with van der Waals surface area (Å²) in [7, 11) is 0. The Bertz CT molecular complexity index is 514. The Morgan fingerprint density at radius 2 is 1.45 bits per heavy atom. The molecule has 0 radical (unpaired) electrons. The standard InChI is InChI=1S/C10H6F9NO.ClH/c11-5-3-4(1-2-6(5)21-10(17,18)19)7(20)8(12,13)9(14,15)16;/h1-3,7H,20H2;1H/t7-;/m1./s1. The predicted molar refractivity (Wildman–Crippen MR) is 58.3 cm³/mol. The Labute approximate surface area is 123 Å². The van der Waals surface area contributed by atoms with Crippen LogP contribution in [0.25, 0.3) is 0 Å². The average Bonchev–Trinajstić information content (AvgIpc) is 2.27. The van der Waals surface area contributed by atoms with E-state index in [2.05, 4.69) is 4.74 Å². The van der Waals surface area contributed by atoms with Crippen molar-refractivity contribution in [2.24, 2.45) is 5.73 Å². The van der Waals surface area contributed by atoms with Crippen LogP contribution < -0.4 is 10.5 Å². The van der Waals surface area contributed by atoms with Gasteiger partial charge in [0, 0.05) is 0 Å². The van der Waals surface area contributed by atoms with Crippen LogP contribution in [0.4, 0.5) is 39.5 Å². The Kier molecular flexibility index (Phi) is 6.01. The maximum absolute atomic E-state index is 13.2. The molecule has 0 aliphatic rings. The van der Waals surface area contributed by atoms with Gasteiger partial charge in [0.25, 0.3) is 0 Å². The lowest BCUT2D eigenvalue weighted by Gasteiger charge is -2.26. The summed E-state index contributed by atoms with van der Waals surface area (Å²) in [5.41, 5.74) is 3.67. The zero-order valence-electron chi connectivity index (χ0n) is 10.1. The molecular formula is C10H7ClF9NO. The van der Waals surface area contributed by atoms with Crippen molar-refractivity contribution in [3.8, 4) is 5.75 Å². The number of alkyl halides is 8. The topological polar surface area (TPSA) is 35.2 Å². The van der Waals surface area contributed by atoms with Crippen molar-refractivity contribution < 1.29 is 44.3 Å². The van der Waals surface area contributed by atoms with Gasteiger partial charge in [0.05, 0.1) is 0 Å². The van der Waals surface area contributed by atoms with Gasteiger partial charge in [-0.15, -0.1) is 25.6 Å². The molecule has 1 aromatic carbocycles. The van der Waals surface area contributed by atoms with Gasteiger partial charge in [-0.05, 0) is 17.7 Å². The van der Waals surface area contributed by atoms with Gasteiger partial charge < -0.3 is 10.5 Å². The van der Waals surface area contributed by atoms with Gasteiger partial charge >= 0.3 is 18.5 Å². The first kappa shape index (κ1) is 20.6. The Morgan fingerprint density at radius 3 is 1.82 bits per heavy atom. The fourth-order valence-corrected chi connectivity index (χ4v) is 1.30. The van der Waals surface area contributed by atoms with E-state index in [4.69, 9.17) is 5.73 Å². The zero-order valence-corrected chi connectivity index (χ0v) is 10.9. The highest BCUT2D eigenvalue weighted by Gasteiger charge is 2.61. The van der Waals surface area contributed by atoms with Crippen molar-refractivity contribution >= 4 is 12.4 Å². The maximum Gasteiger partial charge on any atom is 0.573 e. The van der Waals surface area contributed by atoms with E-state index in [9.17, 15) is 39.5 Å². The Balaban J connectivity index is 0.00000441. The second-order valence-corrected chi connectivity index (χ2v) is 3.84.